The largest absolute Gasteiger partial charge is 0.498 e. The van der Waals surface area contributed by atoms with Gasteiger partial charge in [0.25, 0.3) is 0 Å². The first kappa shape index (κ1) is 23.2. The lowest BCUT2D eigenvalue weighted by Crippen LogP contribution is -2.13. The highest BCUT2D eigenvalue weighted by Gasteiger charge is 2.16. The second kappa shape index (κ2) is 12.9. The van der Waals surface area contributed by atoms with Crippen LogP contribution in [0.1, 0.15) is 83.5 Å². The van der Waals surface area contributed by atoms with Crippen LogP contribution in [0.15, 0.2) is 52.0 Å². The fourth-order valence-corrected chi connectivity index (χ4v) is 6.92. The topological polar surface area (TPSA) is 18.5 Å². The van der Waals surface area contributed by atoms with Crippen molar-refractivity contribution in [2.45, 2.75) is 88.4 Å². The minimum Gasteiger partial charge on any atom is -0.498 e. The molecule has 0 radical (unpaired) electrons. The Morgan fingerprint density at radius 2 is 1.26 bits per heavy atom. The normalized spacial score (nSPS) is 21.2. The van der Waals surface area contributed by atoms with E-state index in [1.807, 2.05) is 21.6 Å². The Bertz CT molecular complexity index is 711. The van der Waals surface area contributed by atoms with Crippen LogP contribution in [0.4, 0.5) is 0 Å². The molecular formula is C27H38O2S2. The summed E-state index contributed by atoms with van der Waals surface area (Å²) in [5, 5.41) is 0. The van der Waals surface area contributed by atoms with Crippen LogP contribution in [0.5, 0.6) is 5.75 Å². The van der Waals surface area contributed by atoms with Crippen molar-refractivity contribution >= 4 is 21.6 Å². The van der Waals surface area contributed by atoms with Gasteiger partial charge in [-0.3, -0.25) is 0 Å². The maximum absolute atomic E-state index is 6.11. The van der Waals surface area contributed by atoms with Crippen molar-refractivity contribution in [3.05, 3.63) is 47.1 Å². The number of hydrogen-bond donors (Lipinski definition) is 0. The van der Waals surface area contributed by atoms with E-state index in [-0.39, 0.29) is 0 Å². The quantitative estimate of drug-likeness (QED) is 0.271. The molecule has 2 saturated carbocycles. The minimum atomic E-state index is 0.745. The van der Waals surface area contributed by atoms with Crippen molar-refractivity contribution in [3.63, 3.8) is 0 Å². The van der Waals surface area contributed by atoms with Crippen molar-refractivity contribution in [2.24, 2.45) is 11.8 Å². The van der Waals surface area contributed by atoms with E-state index in [2.05, 4.69) is 36.4 Å². The highest BCUT2D eigenvalue weighted by atomic mass is 33.1. The third-order valence-electron chi connectivity index (χ3n) is 6.83. The van der Waals surface area contributed by atoms with Gasteiger partial charge < -0.3 is 9.47 Å². The first-order chi connectivity index (χ1) is 15.3. The maximum atomic E-state index is 6.11. The highest BCUT2D eigenvalue weighted by molar-refractivity contribution is 8.78. The second-order valence-electron chi connectivity index (χ2n) is 9.39. The SMILES string of the molecule is C1=C(OCC2CCCCC2)CCC(SSc2ccc(OCC3CCCCCC3)cc2)=C1. The van der Waals surface area contributed by atoms with Crippen LogP contribution in [0.2, 0.25) is 0 Å². The van der Waals surface area contributed by atoms with Crippen molar-refractivity contribution in [1.82, 2.24) is 0 Å². The predicted octanol–water partition coefficient (Wildman–Crippen LogP) is 8.93. The standard InChI is InChI=1S/C27H38O2S2/c1-2-5-9-22(8-4-1)20-28-24-12-16-26(17-13-24)30-31-27-18-14-25(15-19-27)29-21-23-10-6-3-7-11-23/h12-14,16-18,22-23H,1-11,15,19-21H2. The van der Waals surface area contributed by atoms with E-state index in [4.69, 9.17) is 9.47 Å². The molecule has 31 heavy (non-hydrogen) atoms. The molecule has 0 aromatic heterocycles. The van der Waals surface area contributed by atoms with Gasteiger partial charge in [0, 0.05) is 11.3 Å². The molecule has 0 unspecified atom stereocenters. The van der Waals surface area contributed by atoms with E-state index < -0.39 is 0 Å². The van der Waals surface area contributed by atoms with Crippen LogP contribution in [0.3, 0.4) is 0 Å². The number of ether oxygens (including phenoxy) is 2. The summed E-state index contributed by atoms with van der Waals surface area (Å²) < 4.78 is 12.2. The monoisotopic (exact) mass is 458 g/mol. The summed E-state index contributed by atoms with van der Waals surface area (Å²) in [6, 6.07) is 8.65. The zero-order valence-corrected chi connectivity index (χ0v) is 20.5. The smallest absolute Gasteiger partial charge is 0.119 e. The Morgan fingerprint density at radius 3 is 1.87 bits per heavy atom. The summed E-state index contributed by atoms with van der Waals surface area (Å²) in [6.45, 7) is 1.80. The summed E-state index contributed by atoms with van der Waals surface area (Å²) in [5.41, 5.74) is 0. The molecule has 0 spiro atoms. The van der Waals surface area contributed by atoms with Crippen molar-refractivity contribution in [1.29, 1.82) is 0 Å². The first-order valence-corrected chi connectivity index (χ1v) is 14.6. The maximum Gasteiger partial charge on any atom is 0.119 e. The predicted molar refractivity (Wildman–Crippen MR) is 135 cm³/mol. The lowest BCUT2D eigenvalue weighted by atomic mass is 9.90. The van der Waals surface area contributed by atoms with Gasteiger partial charge in [-0.15, -0.1) is 0 Å². The highest BCUT2D eigenvalue weighted by Crippen LogP contribution is 2.41. The zero-order valence-electron chi connectivity index (χ0n) is 18.9. The van der Waals surface area contributed by atoms with Crippen LogP contribution in [0, 0.1) is 11.8 Å². The van der Waals surface area contributed by atoms with Gasteiger partial charge in [-0.2, -0.15) is 0 Å². The summed E-state index contributed by atoms with van der Waals surface area (Å²) in [5.74, 6) is 3.72. The molecule has 0 aliphatic heterocycles. The minimum absolute atomic E-state index is 0.745. The fraction of sp³-hybridized carbons (Fsp3) is 0.630. The molecule has 4 heteroatoms. The number of hydrogen-bond acceptors (Lipinski definition) is 4. The van der Waals surface area contributed by atoms with E-state index in [0.717, 1.165) is 43.6 Å². The molecule has 2 fully saturated rings. The van der Waals surface area contributed by atoms with Gasteiger partial charge in [-0.25, -0.2) is 0 Å². The molecule has 0 saturated heterocycles. The molecule has 3 aliphatic rings. The molecule has 2 nitrogen and oxygen atoms in total. The molecule has 1 aromatic carbocycles. The van der Waals surface area contributed by atoms with Gasteiger partial charge in [0.1, 0.15) is 5.75 Å². The third kappa shape index (κ3) is 8.13. The van der Waals surface area contributed by atoms with Crippen molar-refractivity contribution in [3.8, 4) is 5.75 Å². The fourth-order valence-electron chi connectivity index (χ4n) is 4.81. The van der Waals surface area contributed by atoms with Crippen molar-refractivity contribution < 1.29 is 9.47 Å². The lowest BCUT2D eigenvalue weighted by Gasteiger charge is -2.23. The molecule has 0 atom stereocenters. The number of rotatable bonds is 9. The van der Waals surface area contributed by atoms with Gasteiger partial charge in [-0.1, -0.05) is 66.5 Å². The molecule has 170 valence electrons. The van der Waals surface area contributed by atoms with Gasteiger partial charge in [0.15, 0.2) is 0 Å². The molecule has 0 N–H and O–H groups in total. The van der Waals surface area contributed by atoms with Crippen LogP contribution >= 0.6 is 21.6 Å². The Kier molecular flexibility index (Phi) is 9.63. The summed E-state index contributed by atoms with van der Waals surface area (Å²) in [7, 11) is 3.72. The number of benzene rings is 1. The average molecular weight is 459 g/mol. The average Bonchev–Trinajstić information content (AvgIpc) is 3.11. The lowest BCUT2D eigenvalue weighted by molar-refractivity contribution is 0.135. The van der Waals surface area contributed by atoms with Gasteiger partial charge >= 0.3 is 0 Å². The summed E-state index contributed by atoms with van der Waals surface area (Å²) >= 11 is 0. The molecular weight excluding hydrogens is 420 g/mol. The number of allylic oxidation sites excluding steroid dienone is 4. The summed E-state index contributed by atoms with van der Waals surface area (Å²) in [4.78, 5) is 2.72. The third-order valence-corrected chi connectivity index (χ3v) is 9.40. The zero-order chi connectivity index (χ0) is 21.1. The Hall–Kier alpha value is -1.00. The van der Waals surface area contributed by atoms with Gasteiger partial charge in [-0.05, 0) is 85.3 Å². The molecule has 0 bridgehead atoms. The Labute approximate surface area is 197 Å². The van der Waals surface area contributed by atoms with Gasteiger partial charge in [0.2, 0.25) is 0 Å². The van der Waals surface area contributed by atoms with Crippen LogP contribution in [-0.2, 0) is 4.74 Å². The summed E-state index contributed by atoms with van der Waals surface area (Å²) in [6.07, 6.45) is 21.7. The molecule has 3 aliphatic carbocycles. The van der Waals surface area contributed by atoms with E-state index in [1.54, 1.807) is 0 Å². The van der Waals surface area contributed by atoms with E-state index in [0.29, 0.717) is 0 Å². The Balaban J connectivity index is 1.16. The first-order valence-electron chi connectivity index (χ1n) is 12.4. The van der Waals surface area contributed by atoms with E-state index in [1.165, 1.54) is 86.2 Å². The van der Waals surface area contributed by atoms with Crippen molar-refractivity contribution in [2.75, 3.05) is 13.2 Å². The van der Waals surface area contributed by atoms with Gasteiger partial charge in [0.05, 0.1) is 19.0 Å². The van der Waals surface area contributed by atoms with Crippen LogP contribution in [-0.4, -0.2) is 13.2 Å². The van der Waals surface area contributed by atoms with Crippen LogP contribution < -0.4 is 4.74 Å². The second-order valence-corrected chi connectivity index (χ2v) is 11.7. The van der Waals surface area contributed by atoms with Crippen LogP contribution in [0.25, 0.3) is 0 Å². The molecule has 4 rings (SSSR count). The van der Waals surface area contributed by atoms with E-state index >= 15 is 0 Å². The molecule has 0 amide bonds. The van der Waals surface area contributed by atoms with E-state index in [9.17, 15) is 0 Å². The molecule has 1 aromatic rings. The Morgan fingerprint density at radius 1 is 0.645 bits per heavy atom. The molecule has 0 heterocycles.